The highest BCUT2D eigenvalue weighted by molar-refractivity contribution is 7.93. The first kappa shape index (κ1) is 22.6. The van der Waals surface area contributed by atoms with Gasteiger partial charge in [0.1, 0.15) is 5.82 Å². The Hall–Kier alpha value is -3.59. The Bertz CT molecular complexity index is 1500. The molecule has 172 valence electrons. The maximum absolute atomic E-state index is 13.6. The van der Waals surface area contributed by atoms with Gasteiger partial charge in [0.15, 0.2) is 5.82 Å². The first-order valence-corrected chi connectivity index (χ1v) is 12.3. The number of nitrogens with one attached hydrogen (secondary N) is 1. The molecule has 2 heterocycles. The van der Waals surface area contributed by atoms with Crippen LogP contribution in [0.5, 0.6) is 0 Å². The molecule has 1 unspecified atom stereocenters. The van der Waals surface area contributed by atoms with Crippen LogP contribution in [-0.2, 0) is 16.8 Å². The predicted octanol–water partition coefficient (Wildman–Crippen LogP) is 5.51. The molecule has 4 aromatic rings. The Balaban J connectivity index is 0.00000324. The van der Waals surface area contributed by atoms with Gasteiger partial charge in [-0.2, -0.15) is 9.46 Å². The number of nitrogen functional groups attached to an aromatic ring is 1. The van der Waals surface area contributed by atoms with Crippen molar-refractivity contribution >= 4 is 38.2 Å². The van der Waals surface area contributed by atoms with Gasteiger partial charge in [-0.15, -0.1) is 0 Å². The molecule has 4 rings (SSSR count). The topological polar surface area (TPSA) is 110 Å². The summed E-state index contributed by atoms with van der Waals surface area (Å²) in [5.41, 5.74) is 9.46. The number of rotatable bonds is 5. The lowest BCUT2D eigenvalue weighted by atomic mass is 9.91. The van der Waals surface area contributed by atoms with Crippen molar-refractivity contribution in [2.75, 3.05) is 12.0 Å². The molecule has 2 aromatic heterocycles. The van der Waals surface area contributed by atoms with Crippen molar-refractivity contribution in [3.63, 3.8) is 0 Å². The highest BCUT2D eigenvalue weighted by atomic mass is 32.2. The first-order valence-electron chi connectivity index (χ1n) is 10.3. The summed E-state index contributed by atoms with van der Waals surface area (Å²) in [5.74, 6) is -0.0322. The van der Waals surface area contributed by atoms with Gasteiger partial charge < -0.3 is 11.1 Å². The number of aromatic nitrogens is 3. The van der Waals surface area contributed by atoms with Crippen molar-refractivity contribution < 1.29 is 10.0 Å². The molecule has 9 heteroatoms. The summed E-state index contributed by atoms with van der Waals surface area (Å²) in [6, 6.07) is 9.72. The van der Waals surface area contributed by atoms with Gasteiger partial charge in [0.2, 0.25) is 0 Å². The summed E-state index contributed by atoms with van der Waals surface area (Å²) < 4.78 is 33.3. The third-order valence-corrected chi connectivity index (χ3v) is 7.04. The van der Waals surface area contributed by atoms with E-state index in [0.717, 1.165) is 22.2 Å². The molecule has 1 atom stereocenters. The van der Waals surface area contributed by atoms with E-state index >= 15 is 0 Å². The van der Waals surface area contributed by atoms with Gasteiger partial charge in [0.25, 0.3) is 0 Å². The quantitative estimate of drug-likeness (QED) is 0.298. The number of pyridine rings is 1. The number of hydrogen-bond donors (Lipinski definition) is 2. The number of fused-ring (bicyclic) bond motifs is 1. The molecule has 0 amide bonds. The second-order valence-corrected chi connectivity index (χ2v) is 10.5. The van der Waals surface area contributed by atoms with Crippen LogP contribution in [0.25, 0.3) is 21.9 Å². The van der Waals surface area contributed by atoms with Gasteiger partial charge in [-0.1, -0.05) is 26.0 Å². The molecule has 0 fully saturated rings. The zero-order valence-corrected chi connectivity index (χ0v) is 19.7. The summed E-state index contributed by atoms with van der Waals surface area (Å²) in [6.45, 7) is 4.01. The van der Waals surface area contributed by atoms with Crippen LogP contribution < -0.4 is 5.73 Å². The second kappa shape index (κ2) is 8.40. The molecule has 33 heavy (non-hydrogen) atoms. The van der Waals surface area contributed by atoms with Crippen molar-refractivity contribution in [2.24, 2.45) is 11.4 Å². The molecule has 7 nitrogen and oxygen atoms in total. The number of nitrogens with zero attached hydrogens (tertiary/aromatic N) is 4. The summed E-state index contributed by atoms with van der Waals surface area (Å²) in [5, 5.41) is 13.2. The fourth-order valence-electron chi connectivity index (χ4n) is 3.74. The third-order valence-electron chi connectivity index (χ3n) is 5.43. The van der Waals surface area contributed by atoms with E-state index in [2.05, 4.69) is 9.46 Å². The smallest absolute Gasteiger partial charge is 0.170 e. The average molecular weight is 467 g/mol. The molecule has 0 aliphatic carbocycles. The van der Waals surface area contributed by atoms with Crippen LogP contribution in [0.2, 0.25) is 0 Å². The molecule has 0 bridgehead atoms. The summed E-state index contributed by atoms with van der Waals surface area (Å²) in [7, 11) is -1.09. The van der Waals surface area contributed by atoms with Crippen LogP contribution in [0.3, 0.4) is 0 Å². The number of anilines is 1. The minimum absolute atomic E-state index is 0. The minimum Gasteiger partial charge on any atom is -0.398 e. The Kier molecular flexibility index (Phi) is 5.75. The molecule has 0 aliphatic rings. The number of aryl methyl sites for hydroxylation is 1. The Morgan fingerprint density at radius 3 is 2.52 bits per heavy atom. The SMILES string of the molecule is CC(C)c1nc(N=S(C)(=O)c2cnn(C)c2)c2cc(N)c(C=N)cc2c1-c1ccc(F)cc1.[HH]. The van der Waals surface area contributed by atoms with E-state index in [1.807, 2.05) is 19.9 Å². The van der Waals surface area contributed by atoms with Crippen molar-refractivity contribution in [3.8, 4) is 11.1 Å². The zero-order chi connectivity index (χ0) is 23.9. The van der Waals surface area contributed by atoms with Crippen LogP contribution in [0, 0.1) is 11.2 Å². The van der Waals surface area contributed by atoms with Crippen molar-refractivity contribution in [3.05, 3.63) is 65.9 Å². The van der Waals surface area contributed by atoms with Gasteiger partial charge in [0, 0.05) is 49.3 Å². The normalized spacial score (nSPS) is 13.3. The molecule has 0 saturated carbocycles. The Labute approximate surface area is 193 Å². The lowest BCUT2D eigenvalue weighted by molar-refractivity contribution is 0.628. The maximum atomic E-state index is 13.6. The van der Waals surface area contributed by atoms with Crippen LogP contribution in [0.4, 0.5) is 15.9 Å². The van der Waals surface area contributed by atoms with E-state index in [4.69, 9.17) is 16.1 Å². The van der Waals surface area contributed by atoms with E-state index in [0.29, 0.717) is 27.4 Å². The van der Waals surface area contributed by atoms with Crippen molar-refractivity contribution in [1.29, 1.82) is 5.41 Å². The van der Waals surface area contributed by atoms with Crippen LogP contribution >= 0.6 is 0 Å². The van der Waals surface area contributed by atoms with E-state index in [9.17, 15) is 8.60 Å². The molecule has 0 radical (unpaired) electrons. The molecule has 2 aromatic carbocycles. The first-order chi connectivity index (χ1) is 15.6. The number of hydrogen-bond acceptors (Lipinski definition) is 6. The summed E-state index contributed by atoms with van der Waals surface area (Å²) >= 11 is 0. The Morgan fingerprint density at radius 2 is 1.94 bits per heavy atom. The van der Waals surface area contributed by atoms with Crippen molar-refractivity contribution in [2.45, 2.75) is 24.7 Å². The Morgan fingerprint density at radius 1 is 1.24 bits per heavy atom. The molecule has 3 N–H and O–H groups in total. The highest BCUT2D eigenvalue weighted by Gasteiger charge is 2.20. The lowest BCUT2D eigenvalue weighted by Crippen LogP contribution is -2.03. The van der Waals surface area contributed by atoms with Gasteiger partial charge in [-0.25, -0.2) is 13.6 Å². The summed E-state index contributed by atoms with van der Waals surface area (Å²) in [4.78, 5) is 5.33. The zero-order valence-electron chi connectivity index (χ0n) is 18.8. The molecular weight excluding hydrogens is 439 g/mol. The highest BCUT2D eigenvalue weighted by Crippen LogP contribution is 2.41. The maximum Gasteiger partial charge on any atom is 0.170 e. The average Bonchev–Trinajstić information content (AvgIpc) is 3.21. The lowest BCUT2D eigenvalue weighted by Gasteiger charge is -2.18. The largest absolute Gasteiger partial charge is 0.398 e. The third kappa shape index (κ3) is 4.23. The standard InChI is InChI=1S/C24H25FN6OS.H2/c1-14(2)23-22(15-5-7-17(25)8-6-15)19-9-16(11-26)21(27)10-20(19)24(29-23)30-33(4,32)18-12-28-31(3)13-18;/h5-14,26H,27H2,1-4H3;1H. The molecular formula is C24H27FN6OS. The molecule has 0 saturated heterocycles. The number of halogens is 1. The number of nitrogens with two attached hydrogens (primary N) is 1. The van der Waals surface area contributed by atoms with Gasteiger partial charge in [-0.05, 0) is 41.1 Å². The van der Waals surface area contributed by atoms with Gasteiger partial charge >= 0.3 is 0 Å². The second-order valence-electron chi connectivity index (χ2n) is 8.27. The fourth-order valence-corrected chi connectivity index (χ4v) is 4.90. The van der Waals surface area contributed by atoms with Gasteiger partial charge in [0.05, 0.1) is 26.5 Å². The van der Waals surface area contributed by atoms with Crippen LogP contribution in [0.1, 0.15) is 32.4 Å². The van der Waals surface area contributed by atoms with Gasteiger partial charge in [-0.3, -0.25) is 4.68 Å². The molecule has 0 aliphatic heterocycles. The van der Waals surface area contributed by atoms with Crippen LogP contribution in [-0.4, -0.2) is 31.4 Å². The van der Waals surface area contributed by atoms with E-state index in [-0.39, 0.29) is 13.2 Å². The fraction of sp³-hybridized carbons (Fsp3) is 0.208. The van der Waals surface area contributed by atoms with E-state index in [1.165, 1.54) is 24.5 Å². The van der Waals surface area contributed by atoms with Crippen LogP contribution in [0.15, 0.2) is 58.1 Å². The monoisotopic (exact) mass is 466 g/mol. The summed E-state index contributed by atoms with van der Waals surface area (Å²) in [6.07, 6.45) is 5.95. The van der Waals surface area contributed by atoms with E-state index < -0.39 is 9.73 Å². The number of benzene rings is 2. The minimum atomic E-state index is -2.84. The van der Waals surface area contributed by atoms with Crippen molar-refractivity contribution in [1.82, 2.24) is 14.8 Å². The van der Waals surface area contributed by atoms with E-state index in [1.54, 1.807) is 42.4 Å². The predicted molar refractivity (Wildman–Crippen MR) is 133 cm³/mol. The molecule has 0 spiro atoms.